The molecule has 15 heteroatoms. The smallest absolute Gasteiger partial charge is 0.412 e. The highest BCUT2D eigenvalue weighted by molar-refractivity contribution is 7.93. The minimum absolute atomic E-state index is 0.0266. The zero-order chi connectivity index (χ0) is 29.7. The van der Waals surface area contributed by atoms with Crippen molar-refractivity contribution in [3.63, 3.8) is 0 Å². The van der Waals surface area contributed by atoms with E-state index in [0.717, 1.165) is 16.4 Å². The molecule has 1 N–H and O–H groups in total. The summed E-state index contributed by atoms with van der Waals surface area (Å²) in [6.07, 6.45) is -5.65. The van der Waals surface area contributed by atoms with E-state index >= 15 is 0 Å². The fraction of sp³-hybridized carbons (Fsp3) is 0.542. The number of aromatic nitrogens is 2. The van der Waals surface area contributed by atoms with Crippen molar-refractivity contribution in [1.29, 1.82) is 0 Å². The fourth-order valence-electron chi connectivity index (χ4n) is 4.30. The molecule has 0 saturated carbocycles. The molecule has 0 aliphatic carbocycles. The van der Waals surface area contributed by atoms with Gasteiger partial charge < -0.3 is 14.6 Å². The van der Waals surface area contributed by atoms with Crippen LogP contribution in [0.5, 0.6) is 5.75 Å². The van der Waals surface area contributed by atoms with Crippen molar-refractivity contribution in [2.75, 3.05) is 9.21 Å². The lowest BCUT2D eigenvalue weighted by molar-refractivity contribution is -0.175. The van der Waals surface area contributed by atoms with E-state index in [1.54, 1.807) is 20.8 Å². The number of anilines is 2. The Hall–Kier alpha value is -3.00. The van der Waals surface area contributed by atoms with Gasteiger partial charge in [-0.15, -0.1) is 0 Å². The summed E-state index contributed by atoms with van der Waals surface area (Å²) < 4.78 is 77.9. The van der Waals surface area contributed by atoms with Crippen LogP contribution in [-0.4, -0.2) is 59.5 Å². The van der Waals surface area contributed by atoms with Gasteiger partial charge in [0.1, 0.15) is 28.6 Å². The number of carbonyl (C=O) groups is 2. The molecule has 10 nitrogen and oxygen atoms in total. The second-order valence-electron chi connectivity index (χ2n) is 10.5. The number of hydrogen-bond donors (Lipinski definition) is 1. The van der Waals surface area contributed by atoms with Crippen LogP contribution in [0, 0.1) is 5.41 Å². The van der Waals surface area contributed by atoms with Crippen molar-refractivity contribution in [2.24, 2.45) is 5.41 Å². The third kappa shape index (κ3) is 5.53. The van der Waals surface area contributed by atoms with Gasteiger partial charge in [0.15, 0.2) is 5.15 Å². The van der Waals surface area contributed by atoms with Crippen LogP contribution < -0.4 is 13.9 Å². The van der Waals surface area contributed by atoms with E-state index in [2.05, 4.69) is 5.10 Å². The summed E-state index contributed by atoms with van der Waals surface area (Å²) in [5.41, 5.74) is -4.38. The van der Waals surface area contributed by atoms with Crippen molar-refractivity contribution in [3.8, 4) is 5.75 Å². The largest absolute Gasteiger partial charge is 0.486 e. The molecule has 0 spiro atoms. The highest BCUT2D eigenvalue weighted by Crippen LogP contribution is 2.46. The van der Waals surface area contributed by atoms with E-state index in [4.69, 9.17) is 16.3 Å². The quantitative estimate of drug-likeness (QED) is 0.409. The first-order valence-corrected chi connectivity index (χ1v) is 13.7. The second-order valence-corrected chi connectivity index (χ2v) is 12.6. The molecule has 0 saturated heterocycles. The van der Waals surface area contributed by atoms with E-state index < -0.39 is 51.1 Å². The van der Waals surface area contributed by atoms with Gasteiger partial charge in [0.2, 0.25) is 0 Å². The Labute approximate surface area is 229 Å². The third-order valence-corrected chi connectivity index (χ3v) is 8.95. The summed E-state index contributed by atoms with van der Waals surface area (Å²) in [6, 6.07) is 2.35. The molecule has 0 fully saturated rings. The second kappa shape index (κ2) is 10.2. The van der Waals surface area contributed by atoms with Crippen molar-refractivity contribution >= 4 is 45.4 Å². The molecule has 2 heterocycles. The Balaban J connectivity index is 2.27. The first-order chi connectivity index (χ1) is 17.8. The van der Waals surface area contributed by atoms with Crippen LogP contribution in [0.1, 0.15) is 48.0 Å². The number of sulfonamides is 1. The lowest BCUT2D eigenvalue weighted by Gasteiger charge is -2.43. The molecule has 1 amide bonds. The van der Waals surface area contributed by atoms with Crippen LogP contribution in [-0.2, 0) is 21.4 Å². The summed E-state index contributed by atoms with van der Waals surface area (Å²) >= 11 is 6.17. The number of ether oxygens (including phenoxy) is 1. The van der Waals surface area contributed by atoms with Crippen LogP contribution in [0.15, 0.2) is 29.3 Å². The summed E-state index contributed by atoms with van der Waals surface area (Å²) in [5.74, 6) is -0.0266. The standard InChI is InChI=1S/C24H30ClF3N4O6S/c1-7-30-12-19(20(25)29-30)39(36,37)32-14(2)18(11-22(3,4)13-33)38-17-9-8-15(10-16(17)32)31(21(34)35)23(5,6)24(26,27)28/h8-10,12-14,18H,7,11H2,1-6H3,(H,34,35). The highest BCUT2D eigenvalue weighted by atomic mass is 35.5. The zero-order valence-corrected chi connectivity index (χ0v) is 23.7. The SMILES string of the molecule is CCn1cc(S(=O)(=O)N2c3cc(N(C(=O)O)C(C)(C)C(F)(F)F)ccc3OC(CC(C)(C)C=O)C2C)c(Cl)n1. The third-order valence-electron chi connectivity index (χ3n) is 6.66. The molecule has 2 atom stereocenters. The van der Waals surface area contributed by atoms with E-state index in [1.807, 2.05) is 0 Å². The normalized spacial score (nSPS) is 18.4. The van der Waals surface area contributed by atoms with Crippen molar-refractivity contribution in [3.05, 3.63) is 29.5 Å². The topological polar surface area (TPSA) is 122 Å². The Bertz CT molecular complexity index is 1380. The number of nitrogens with zero attached hydrogens (tertiary/aromatic N) is 4. The predicted octanol–water partition coefficient (Wildman–Crippen LogP) is 5.34. The molecule has 1 aromatic heterocycles. The number of rotatable bonds is 8. The van der Waals surface area contributed by atoms with Crippen LogP contribution in [0.4, 0.5) is 29.3 Å². The monoisotopic (exact) mass is 594 g/mol. The number of benzene rings is 1. The van der Waals surface area contributed by atoms with Crippen LogP contribution in [0.25, 0.3) is 0 Å². The molecule has 216 valence electrons. The van der Waals surface area contributed by atoms with Gasteiger partial charge in [0.25, 0.3) is 10.0 Å². The van der Waals surface area contributed by atoms with E-state index in [-0.39, 0.29) is 32.8 Å². The van der Waals surface area contributed by atoms with Gasteiger partial charge in [-0.3, -0.25) is 13.9 Å². The summed E-state index contributed by atoms with van der Waals surface area (Å²) in [5, 5.41) is 13.4. The number of halogens is 4. The Morgan fingerprint density at radius 3 is 2.36 bits per heavy atom. The van der Waals surface area contributed by atoms with Gasteiger partial charge in [0.05, 0.1) is 17.4 Å². The molecule has 39 heavy (non-hydrogen) atoms. The molecule has 1 aliphatic rings. The molecule has 0 radical (unpaired) electrons. The molecule has 1 aromatic carbocycles. The molecule has 0 bridgehead atoms. The highest BCUT2D eigenvalue weighted by Gasteiger charge is 2.54. The summed E-state index contributed by atoms with van der Waals surface area (Å²) in [4.78, 5) is 23.4. The van der Waals surface area contributed by atoms with Crippen LogP contribution in [0.2, 0.25) is 5.15 Å². The van der Waals surface area contributed by atoms with Crippen LogP contribution in [0.3, 0.4) is 0 Å². The molecular formula is C24H30ClF3N4O6S. The van der Waals surface area contributed by atoms with E-state index in [9.17, 15) is 36.3 Å². The van der Waals surface area contributed by atoms with E-state index in [1.165, 1.54) is 23.9 Å². The number of amides is 1. The summed E-state index contributed by atoms with van der Waals surface area (Å²) in [7, 11) is -4.50. The molecule has 2 aromatic rings. The number of aldehydes is 1. The van der Waals surface area contributed by atoms with Gasteiger partial charge in [-0.05, 0) is 52.3 Å². The lowest BCUT2D eigenvalue weighted by Crippen LogP contribution is -2.57. The minimum atomic E-state index is -4.95. The maximum atomic E-state index is 14.0. The Morgan fingerprint density at radius 1 is 1.26 bits per heavy atom. The first-order valence-electron chi connectivity index (χ1n) is 11.9. The fourth-order valence-corrected chi connectivity index (χ4v) is 6.43. The van der Waals surface area contributed by atoms with Crippen LogP contribution >= 0.6 is 11.6 Å². The predicted molar refractivity (Wildman–Crippen MR) is 138 cm³/mol. The molecule has 2 unspecified atom stereocenters. The number of alkyl halides is 3. The average molecular weight is 595 g/mol. The van der Waals surface area contributed by atoms with E-state index in [0.29, 0.717) is 26.7 Å². The lowest BCUT2D eigenvalue weighted by atomic mass is 9.86. The summed E-state index contributed by atoms with van der Waals surface area (Å²) in [6.45, 7) is 8.25. The van der Waals surface area contributed by atoms with Gasteiger partial charge in [-0.1, -0.05) is 25.4 Å². The first kappa shape index (κ1) is 30.5. The molecular weight excluding hydrogens is 565 g/mol. The number of fused-ring (bicyclic) bond motifs is 1. The molecule has 1 aliphatic heterocycles. The van der Waals surface area contributed by atoms with Gasteiger partial charge in [-0.2, -0.15) is 18.3 Å². The van der Waals surface area contributed by atoms with Crippen molar-refractivity contribution < 1.29 is 41.0 Å². The number of carboxylic acid groups (broad SMARTS) is 1. The number of aryl methyl sites for hydroxylation is 1. The maximum Gasteiger partial charge on any atom is 0.412 e. The molecule has 3 rings (SSSR count). The zero-order valence-electron chi connectivity index (χ0n) is 22.2. The minimum Gasteiger partial charge on any atom is -0.486 e. The average Bonchev–Trinajstić information content (AvgIpc) is 3.20. The van der Waals surface area contributed by atoms with Gasteiger partial charge in [-0.25, -0.2) is 13.2 Å². The van der Waals surface area contributed by atoms with Crippen molar-refractivity contribution in [2.45, 2.75) is 83.3 Å². The Kier molecular flexibility index (Phi) is 7.98. The van der Waals surface area contributed by atoms with Crippen molar-refractivity contribution in [1.82, 2.24) is 9.78 Å². The Morgan fingerprint density at radius 2 is 1.87 bits per heavy atom. The number of hydrogen-bond acceptors (Lipinski definition) is 6. The van der Waals surface area contributed by atoms with Gasteiger partial charge >= 0.3 is 12.3 Å². The number of carbonyl (C=O) groups excluding carboxylic acids is 1. The van der Waals surface area contributed by atoms with Gasteiger partial charge in [0, 0.05) is 18.2 Å². The maximum absolute atomic E-state index is 14.0.